The summed E-state index contributed by atoms with van der Waals surface area (Å²) in [5, 5.41) is 14.3. The van der Waals surface area contributed by atoms with Crippen LogP contribution < -0.4 is 10.6 Å². The summed E-state index contributed by atoms with van der Waals surface area (Å²) in [6.07, 6.45) is 0. The van der Waals surface area contributed by atoms with E-state index < -0.39 is 11.5 Å². The van der Waals surface area contributed by atoms with Crippen LogP contribution >= 0.6 is 0 Å². The zero-order chi connectivity index (χ0) is 12.1. The fraction of sp³-hybridized carbons (Fsp3) is 0.800. The van der Waals surface area contributed by atoms with E-state index in [9.17, 15) is 14.7 Å². The van der Waals surface area contributed by atoms with Gasteiger partial charge in [-0.2, -0.15) is 0 Å². The molecular weight excluding hydrogens is 196 g/mol. The lowest BCUT2D eigenvalue weighted by molar-refractivity contribution is -0.137. The van der Waals surface area contributed by atoms with Gasteiger partial charge in [-0.15, -0.1) is 0 Å². The van der Waals surface area contributed by atoms with Gasteiger partial charge in [0.15, 0.2) is 0 Å². The molecular formula is C10H20N2O3. The normalized spacial score (nSPS) is 11.3. The molecule has 2 amide bonds. The average Bonchev–Trinajstić information content (AvgIpc) is 2.09. The van der Waals surface area contributed by atoms with Crippen molar-refractivity contribution in [2.24, 2.45) is 5.92 Å². The molecule has 0 aliphatic heterocycles. The lowest BCUT2D eigenvalue weighted by atomic mass is 10.1. The topological polar surface area (TPSA) is 78.4 Å². The molecule has 0 aliphatic rings. The number of nitrogens with one attached hydrogen (secondary N) is 2. The van der Waals surface area contributed by atoms with Crippen LogP contribution in [0.25, 0.3) is 0 Å². The Bertz CT molecular complexity index is 231. The predicted octanol–water partition coefficient (Wildman–Crippen LogP) is -0.354. The van der Waals surface area contributed by atoms with Crippen LogP contribution in [-0.2, 0) is 9.59 Å². The van der Waals surface area contributed by atoms with Crippen molar-refractivity contribution in [3.63, 3.8) is 0 Å². The molecule has 0 aromatic heterocycles. The van der Waals surface area contributed by atoms with Crippen molar-refractivity contribution in [2.75, 3.05) is 13.1 Å². The van der Waals surface area contributed by atoms with Crippen LogP contribution in [-0.4, -0.2) is 35.6 Å². The zero-order valence-corrected chi connectivity index (χ0v) is 9.76. The van der Waals surface area contributed by atoms with Gasteiger partial charge in [0.1, 0.15) is 5.60 Å². The first-order valence-electron chi connectivity index (χ1n) is 5.01. The smallest absolute Gasteiger partial charge is 0.251 e. The van der Waals surface area contributed by atoms with E-state index in [0.717, 1.165) is 0 Å². The van der Waals surface area contributed by atoms with Gasteiger partial charge in [0.25, 0.3) is 5.91 Å². The summed E-state index contributed by atoms with van der Waals surface area (Å²) in [5.74, 6) is -0.428. The largest absolute Gasteiger partial charge is 0.381 e. The Morgan fingerprint density at radius 2 is 1.80 bits per heavy atom. The van der Waals surface area contributed by atoms with Crippen LogP contribution in [0.15, 0.2) is 0 Å². The molecule has 0 spiro atoms. The Morgan fingerprint density at radius 1 is 1.27 bits per heavy atom. The van der Waals surface area contributed by atoms with Crippen molar-refractivity contribution >= 4 is 11.8 Å². The monoisotopic (exact) mass is 216 g/mol. The van der Waals surface area contributed by atoms with Crippen LogP contribution in [0.1, 0.15) is 27.7 Å². The van der Waals surface area contributed by atoms with Crippen LogP contribution in [0, 0.1) is 5.92 Å². The first kappa shape index (κ1) is 13.9. The van der Waals surface area contributed by atoms with Crippen LogP contribution in [0.2, 0.25) is 0 Å². The van der Waals surface area contributed by atoms with Gasteiger partial charge in [0, 0.05) is 6.54 Å². The number of rotatable bonds is 5. The number of amides is 2. The highest BCUT2D eigenvalue weighted by atomic mass is 16.3. The summed E-state index contributed by atoms with van der Waals surface area (Å²) < 4.78 is 0. The molecule has 0 fully saturated rings. The summed E-state index contributed by atoms with van der Waals surface area (Å²) in [4.78, 5) is 22.3. The molecule has 5 heteroatoms. The lowest BCUT2D eigenvalue weighted by Crippen LogP contribution is -2.46. The summed E-state index contributed by atoms with van der Waals surface area (Å²) in [5.41, 5.74) is -1.45. The fourth-order valence-corrected chi connectivity index (χ4v) is 0.757. The molecule has 0 aromatic rings. The van der Waals surface area contributed by atoms with E-state index in [1.807, 2.05) is 13.8 Å². The van der Waals surface area contributed by atoms with E-state index in [-0.39, 0.29) is 12.5 Å². The maximum atomic E-state index is 11.2. The first-order chi connectivity index (χ1) is 6.73. The van der Waals surface area contributed by atoms with E-state index in [2.05, 4.69) is 10.6 Å². The lowest BCUT2D eigenvalue weighted by Gasteiger charge is -2.16. The number of hydrogen-bond donors (Lipinski definition) is 3. The second kappa shape index (κ2) is 5.70. The number of hydrogen-bond acceptors (Lipinski definition) is 3. The second-order valence-corrected chi connectivity index (χ2v) is 4.44. The molecule has 0 atom stereocenters. The first-order valence-corrected chi connectivity index (χ1v) is 5.01. The zero-order valence-electron chi connectivity index (χ0n) is 9.76. The van der Waals surface area contributed by atoms with Crippen molar-refractivity contribution < 1.29 is 14.7 Å². The molecule has 0 saturated heterocycles. The van der Waals surface area contributed by atoms with Crippen LogP contribution in [0.4, 0.5) is 0 Å². The Balaban J connectivity index is 3.77. The Labute approximate surface area is 90.2 Å². The van der Waals surface area contributed by atoms with Gasteiger partial charge in [-0.1, -0.05) is 13.8 Å². The minimum absolute atomic E-state index is 0.102. The standard InChI is InChI=1S/C10H20N2O3/c1-7(2)5-11-8(13)6-12-9(14)10(3,4)15/h7,15H,5-6H2,1-4H3,(H,11,13)(H,12,14). The van der Waals surface area contributed by atoms with Gasteiger partial charge in [0.05, 0.1) is 6.54 Å². The minimum Gasteiger partial charge on any atom is -0.381 e. The van der Waals surface area contributed by atoms with Crippen LogP contribution in [0.3, 0.4) is 0 Å². The van der Waals surface area contributed by atoms with Gasteiger partial charge in [-0.05, 0) is 19.8 Å². The molecule has 88 valence electrons. The van der Waals surface area contributed by atoms with Crippen molar-refractivity contribution in [2.45, 2.75) is 33.3 Å². The van der Waals surface area contributed by atoms with Crippen molar-refractivity contribution in [3.05, 3.63) is 0 Å². The van der Waals surface area contributed by atoms with E-state index >= 15 is 0 Å². The summed E-state index contributed by atoms with van der Waals surface area (Å²) in [6.45, 7) is 7.18. The molecule has 15 heavy (non-hydrogen) atoms. The molecule has 5 nitrogen and oxygen atoms in total. The Morgan fingerprint density at radius 3 is 2.20 bits per heavy atom. The van der Waals surface area contributed by atoms with Gasteiger partial charge in [0.2, 0.25) is 5.91 Å². The summed E-state index contributed by atoms with van der Waals surface area (Å²) in [6, 6.07) is 0. The van der Waals surface area contributed by atoms with Gasteiger partial charge in [-0.3, -0.25) is 9.59 Å². The summed E-state index contributed by atoms with van der Waals surface area (Å²) >= 11 is 0. The molecule has 0 heterocycles. The molecule has 0 unspecified atom stereocenters. The molecule has 0 saturated carbocycles. The predicted molar refractivity (Wildman–Crippen MR) is 57.2 cm³/mol. The van der Waals surface area contributed by atoms with Crippen molar-refractivity contribution in [1.82, 2.24) is 10.6 Å². The Hall–Kier alpha value is -1.10. The van der Waals surface area contributed by atoms with Gasteiger partial charge < -0.3 is 15.7 Å². The fourth-order valence-electron chi connectivity index (χ4n) is 0.757. The number of carbonyl (C=O) groups is 2. The van der Waals surface area contributed by atoms with Gasteiger partial charge >= 0.3 is 0 Å². The highest BCUT2D eigenvalue weighted by Gasteiger charge is 2.23. The van der Waals surface area contributed by atoms with Crippen molar-refractivity contribution in [1.29, 1.82) is 0 Å². The molecule has 0 radical (unpaired) electrons. The van der Waals surface area contributed by atoms with Crippen molar-refractivity contribution in [3.8, 4) is 0 Å². The second-order valence-electron chi connectivity index (χ2n) is 4.44. The van der Waals surface area contributed by atoms with E-state index in [0.29, 0.717) is 12.5 Å². The molecule has 3 N–H and O–H groups in total. The third-order valence-electron chi connectivity index (χ3n) is 1.67. The SMILES string of the molecule is CC(C)CNC(=O)CNC(=O)C(C)(C)O. The van der Waals surface area contributed by atoms with E-state index in [1.165, 1.54) is 13.8 Å². The minimum atomic E-state index is -1.45. The third kappa shape index (κ3) is 6.90. The molecule has 0 aliphatic carbocycles. The highest BCUT2D eigenvalue weighted by molar-refractivity contribution is 5.88. The number of carbonyl (C=O) groups excluding carboxylic acids is 2. The average molecular weight is 216 g/mol. The highest BCUT2D eigenvalue weighted by Crippen LogP contribution is 1.98. The van der Waals surface area contributed by atoms with E-state index in [1.54, 1.807) is 0 Å². The van der Waals surface area contributed by atoms with E-state index in [4.69, 9.17) is 0 Å². The molecule has 0 aromatic carbocycles. The maximum Gasteiger partial charge on any atom is 0.251 e. The molecule has 0 bridgehead atoms. The Kier molecular flexibility index (Phi) is 5.28. The van der Waals surface area contributed by atoms with Crippen LogP contribution in [0.5, 0.6) is 0 Å². The number of aliphatic hydroxyl groups is 1. The summed E-state index contributed by atoms with van der Waals surface area (Å²) in [7, 11) is 0. The third-order valence-corrected chi connectivity index (χ3v) is 1.67. The van der Waals surface area contributed by atoms with Gasteiger partial charge in [-0.25, -0.2) is 0 Å². The maximum absolute atomic E-state index is 11.2. The quantitative estimate of drug-likeness (QED) is 0.587. The molecule has 0 rings (SSSR count).